The third kappa shape index (κ3) is 3.19. The molecular formula is C23H17ClN2O2. The van der Waals surface area contributed by atoms with Crippen molar-refractivity contribution in [3.05, 3.63) is 99.7 Å². The maximum Gasteiger partial charge on any atom is 0.256 e. The number of pyridine rings is 1. The van der Waals surface area contributed by atoms with Crippen molar-refractivity contribution in [1.82, 2.24) is 4.57 Å². The van der Waals surface area contributed by atoms with E-state index in [0.29, 0.717) is 27.4 Å². The summed E-state index contributed by atoms with van der Waals surface area (Å²) in [4.78, 5) is 26.1. The van der Waals surface area contributed by atoms with Crippen LogP contribution in [0.25, 0.3) is 22.0 Å². The van der Waals surface area contributed by atoms with E-state index in [2.05, 4.69) is 5.32 Å². The van der Waals surface area contributed by atoms with E-state index in [1.165, 1.54) is 0 Å². The van der Waals surface area contributed by atoms with Gasteiger partial charge < -0.3 is 9.88 Å². The average molecular weight is 389 g/mol. The molecule has 0 saturated carbocycles. The highest BCUT2D eigenvalue weighted by Crippen LogP contribution is 2.28. The molecule has 1 aromatic heterocycles. The second kappa shape index (κ2) is 7.33. The molecule has 138 valence electrons. The Morgan fingerprint density at radius 1 is 0.893 bits per heavy atom. The zero-order valence-corrected chi connectivity index (χ0v) is 15.9. The number of benzene rings is 3. The first-order valence-electron chi connectivity index (χ1n) is 8.80. The van der Waals surface area contributed by atoms with Gasteiger partial charge in [-0.3, -0.25) is 9.59 Å². The number of nitrogens with one attached hydrogen (secondary N) is 1. The number of anilines is 1. The van der Waals surface area contributed by atoms with Gasteiger partial charge in [0, 0.05) is 23.0 Å². The van der Waals surface area contributed by atoms with Gasteiger partial charge >= 0.3 is 0 Å². The van der Waals surface area contributed by atoms with Crippen LogP contribution in [-0.4, -0.2) is 10.5 Å². The van der Waals surface area contributed by atoms with Crippen molar-refractivity contribution in [3.63, 3.8) is 0 Å². The van der Waals surface area contributed by atoms with Gasteiger partial charge in [0.1, 0.15) is 5.82 Å². The first-order valence-corrected chi connectivity index (χ1v) is 9.18. The summed E-state index contributed by atoms with van der Waals surface area (Å²) in [6.45, 7) is 0. The SMILES string of the molecule is Cn1c(NC(=O)c2ccc(Cl)cc2)c(-c2ccccc2)c(=O)c2ccccc21. The summed E-state index contributed by atoms with van der Waals surface area (Å²) in [6, 6.07) is 23.4. The molecular weight excluding hydrogens is 372 g/mol. The predicted molar refractivity (Wildman–Crippen MR) is 114 cm³/mol. The monoisotopic (exact) mass is 388 g/mol. The molecule has 1 N–H and O–H groups in total. The Bertz CT molecular complexity index is 1230. The number of carbonyl (C=O) groups excluding carboxylic acids is 1. The van der Waals surface area contributed by atoms with Gasteiger partial charge in [-0.1, -0.05) is 54.1 Å². The zero-order chi connectivity index (χ0) is 19.7. The lowest BCUT2D eigenvalue weighted by Crippen LogP contribution is -2.21. The fourth-order valence-corrected chi connectivity index (χ4v) is 3.41. The van der Waals surface area contributed by atoms with Gasteiger partial charge in [0.15, 0.2) is 5.43 Å². The lowest BCUT2D eigenvalue weighted by atomic mass is 10.0. The van der Waals surface area contributed by atoms with Crippen LogP contribution in [0.5, 0.6) is 0 Å². The number of carbonyl (C=O) groups is 1. The molecule has 0 spiro atoms. The van der Waals surface area contributed by atoms with Crippen LogP contribution in [0.2, 0.25) is 5.02 Å². The molecule has 1 amide bonds. The Labute approximate surface area is 167 Å². The minimum Gasteiger partial charge on any atom is -0.330 e. The maximum absolute atomic E-state index is 13.3. The van der Waals surface area contributed by atoms with Crippen LogP contribution in [0.15, 0.2) is 83.7 Å². The number of aromatic nitrogens is 1. The Balaban J connectivity index is 1.93. The van der Waals surface area contributed by atoms with Gasteiger partial charge in [-0.15, -0.1) is 0 Å². The van der Waals surface area contributed by atoms with Crippen molar-refractivity contribution in [2.45, 2.75) is 0 Å². The number of halogens is 1. The lowest BCUT2D eigenvalue weighted by molar-refractivity contribution is 0.102. The van der Waals surface area contributed by atoms with Crippen molar-refractivity contribution in [2.24, 2.45) is 7.05 Å². The number of hydrogen-bond acceptors (Lipinski definition) is 2. The summed E-state index contributed by atoms with van der Waals surface area (Å²) in [5.74, 6) is 0.147. The lowest BCUT2D eigenvalue weighted by Gasteiger charge is -2.18. The minimum absolute atomic E-state index is 0.119. The number of rotatable bonds is 3. The first-order chi connectivity index (χ1) is 13.6. The van der Waals surface area contributed by atoms with Crippen LogP contribution in [0.3, 0.4) is 0 Å². The number of hydrogen-bond donors (Lipinski definition) is 1. The summed E-state index contributed by atoms with van der Waals surface area (Å²) >= 11 is 5.92. The van der Waals surface area contributed by atoms with Crippen LogP contribution in [0.1, 0.15) is 10.4 Å². The van der Waals surface area contributed by atoms with Crippen molar-refractivity contribution >= 4 is 34.2 Å². The molecule has 3 aromatic carbocycles. The van der Waals surface area contributed by atoms with Crippen LogP contribution in [0.4, 0.5) is 5.82 Å². The molecule has 0 aliphatic carbocycles. The van der Waals surface area contributed by atoms with E-state index in [4.69, 9.17) is 11.6 Å². The van der Waals surface area contributed by atoms with E-state index in [0.717, 1.165) is 11.1 Å². The quantitative estimate of drug-likeness (QED) is 0.530. The van der Waals surface area contributed by atoms with Gasteiger partial charge in [0.05, 0.1) is 11.1 Å². The third-order valence-corrected chi connectivity index (χ3v) is 4.96. The molecule has 1 heterocycles. The summed E-state index contributed by atoms with van der Waals surface area (Å²) in [7, 11) is 1.84. The summed E-state index contributed by atoms with van der Waals surface area (Å²) < 4.78 is 1.84. The molecule has 0 aliphatic heterocycles. The van der Waals surface area contributed by atoms with Crippen LogP contribution in [0, 0.1) is 0 Å². The Morgan fingerprint density at radius 2 is 1.54 bits per heavy atom. The van der Waals surface area contributed by atoms with Gasteiger partial charge in [-0.25, -0.2) is 0 Å². The molecule has 0 bridgehead atoms. The van der Waals surface area contributed by atoms with Gasteiger partial charge in [0.25, 0.3) is 5.91 Å². The van der Waals surface area contributed by atoms with E-state index >= 15 is 0 Å². The molecule has 0 unspecified atom stereocenters. The Morgan fingerprint density at radius 3 is 2.25 bits per heavy atom. The summed E-state index contributed by atoms with van der Waals surface area (Å²) in [5, 5.41) is 4.09. The molecule has 0 fully saturated rings. The zero-order valence-electron chi connectivity index (χ0n) is 15.1. The van der Waals surface area contributed by atoms with E-state index in [1.807, 2.05) is 60.1 Å². The highest BCUT2D eigenvalue weighted by Gasteiger charge is 2.19. The number of fused-ring (bicyclic) bond motifs is 1. The minimum atomic E-state index is -0.306. The third-order valence-electron chi connectivity index (χ3n) is 4.71. The molecule has 4 nitrogen and oxygen atoms in total. The molecule has 4 aromatic rings. The molecule has 0 radical (unpaired) electrons. The van der Waals surface area contributed by atoms with Gasteiger partial charge in [-0.05, 0) is 42.0 Å². The molecule has 28 heavy (non-hydrogen) atoms. The fourth-order valence-electron chi connectivity index (χ4n) is 3.29. The van der Waals surface area contributed by atoms with E-state index in [-0.39, 0.29) is 11.3 Å². The Hall–Kier alpha value is -3.37. The molecule has 0 atom stereocenters. The van der Waals surface area contributed by atoms with Crippen molar-refractivity contribution in [2.75, 3.05) is 5.32 Å². The number of aryl methyl sites for hydroxylation is 1. The molecule has 4 rings (SSSR count). The van der Waals surface area contributed by atoms with Gasteiger partial charge in [0.2, 0.25) is 0 Å². The van der Waals surface area contributed by atoms with E-state index in [9.17, 15) is 9.59 Å². The highest BCUT2D eigenvalue weighted by molar-refractivity contribution is 6.30. The number of nitrogens with zero attached hydrogens (tertiary/aromatic N) is 1. The van der Waals surface area contributed by atoms with Crippen molar-refractivity contribution in [1.29, 1.82) is 0 Å². The topological polar surface area (TPSA) is 51.1 Å². The number of para-hydroxylation sites is 1. The standard InChI is InChI=1S/C23H17ClN2O2/c1-26-19-10-6-5-9-18(19)21(27)20(15-7-3-2-4-8-15)22(26)25-23(28)16-11-13-17(24)14-12-16/h2-14H,1H3,(H,25,28). The molecule has 0 aliphatic rings. The first kappa shape index (κ1) is 18.0. The van der Waals surface area contributed by atoms with E-state index in [1.54, 1.807) is 30.3 Å². The molecule has 5 heteroatoms. The molecule has 0 saturated heterocycles. The second-order valence-electron chi connectivity index (χ2n) is 6.46. The van der Waals surface area contributed by atoms with Gasteiger partial charge in [-0.2, -0.15) is 0 Å². The number of amides is 1. The second-order valence-corrected chi connectivity index (χ2v) is 6.89. The van der Waals surface area contributed by atoms with Crippen LogP contribution in [-0.2, 0) is 7.05 Å². The highest BCUT2D eigenvalue weighted by atomic mass is 35.5. The van der Waals surface area contributed by atoms with Crippen LogP contribution >= 0.6 is 11.6 Å². The van der Waals surface area contributed by atoms with Crippen LogP contribution < -0.4 is 10.7 Å². The average Bonchev–Trinajstić information content (AvgIpc) is 2.73. The Kier molecular flexibility index (Phi) is 4.72. The largest absolute Gasteiger partial charge is 0.330 e. The predicted octanol–water partition coefficient (Wildman–Crippen LogP) is 5.11. The smallest absolute Gasteiger partial charge is 0.256 e. The normalized spacial score (nSPS) is 10.8. The maximum atomic E-state index is 13.3. The summed E-state index contributed by atoms with van der Waals surface area (Å²) in [5.41, 5.74) is 2.30. The van der Waals surface area contributed by atoms with Crippen molar-refractivity contribution in [3.8, 4) is 11.1 Å². The fraction of sp³-hybridized carbons (Fsp3) is 0.0435. The summed E-state index contributed by atoms with van der Waals surface area (Å²) in [6.07, 6.45) is 0. The van der Waals surface area contributed by atoms with Crippen molar-refractivity contribution < 1.29 is 4.79 Å². The van der Waals surface area contributed by atoms with E-state index < -0.39 is 0 Å².